The Labute approximate surface area is 282 Å². The minimum atomic E-state index is -6.85. The Morgan fingerprint density at radius 3 is 0.960 bits per heavy atom. The molecule has 50 heavy (non-hydrogen) atoms. The van der Waals surface area contributed by atoms with Crippen LogP contribution in [0.25, 0.3) is 0 Å². The Balaban J connectivity index is 0.000000349. The van der Waals surface area contributed by atoms with E-state index in [0.717, 1.165) is 0 Å². The van der Waals surface area contributed by atoms with E-state index < -0.39 is 64.0 Å². The van der Waals surface area contributed by atoms with Crippen molar-refractivity contribution in [3.05, 3.63) is 127 Å². The molecule has 0 amide bonds. The van der Waals surface area contributed by atoms with Gasteiger partial charge in [0.05, 0.1) is 0 Å². The van der Waals surface area contributed by atoms with Gasteiger partial charge in [0, 0.05) is 4.90 Å². The molecule has 276 valence electrons. The molecule has 0 aliphatic carbocycles. The highest BCUT2D eigenvalue weighted by atomic mass is 32.3. The summed E-state index contributed by atoms with van der Waals surface area (Å²) >= 11 is 0. The normalized spacial score (nSPS) is 13.0. The zero-order valence-corrected chi connectivity index (χ0v) is 27.5. The van der Waals surface area contributed by atoms with Gasteiger partial charge in [0.2, 0.25) is 0 Å². The molecule has 4 aromatic rings. The molecule has 1 atom stereocenters. The molecule has 0 aliphatic rings. The van der Waals surface area contributed by atoms with Crippen LogP contribution in [0.2, 0.25) is 0 Å². The summed E-state index contributed by atoms with van der Waals surface area (Å²) in [7, 11) is -18.5. The summed E-state index contributed by atoms with van der Waals surface area (Å²) in [5.74, 6) is 0. The summed E-state index contributed by atoms with van der Waals surface area (Å²) in [5.41, 5.74) is -21.4. The van der Waals surface area contributed by atoms with Gasteiger partial charge in [0.25, 0.3) is 0 Å². The van der Waals surface area contributed by atoms with Crippen molar-refractivity contribution in [3.8, 4) is 0 Å². The smallest absolute Gasteiger partial charge is 0.245 e. The standard InChI is InChI=1S/C13H10F3S.C7H5F3OS.C6H6.C2F6O5S2/c14-13(15,16)17(11-7-3-1-4-8-11)12-9-5-2-6-10-12;8-7(9,10)12(11)6-4-2-1-3-5-6;1-2-4-6-5-3-1;3-1(4,5)14(9,10)13-15(11,12)2(6,7)8/h1-10H;1-5H;1-6H;/q+1;;;. The molecule has 0 aromatic heterocycles. The first kappa shape index (κ1) is 44.4. The van der Waals surface area contributed by atoms with Gasteiger partial charge in [-0.3, -0.25) is 0 Å². The van der Waals surface area contributed by atoms with Gasteiger partial charge in [-0.25, -0.2) is 4.21 Å². The summed E-state index contributed by atoms with van der Waals surface area (Å²) in [5, 5.41) is 0. The minimum absolute atomic E-state index is 0.218. The summed E-state index contributed by atoms with van der Waals surface area (Å²) < 4.78 is 196. The monoisotopic (exact) mass is 809 g/mol. The van der Waals surface area contributed by atoms with Crippen molar-refractivity contribution in [3.63, 3.8) is 0 Å². The third kappa shape index (κ3) is 15.1. The maximum atomic E-state index is 13.1. The van der Waals surface area contributed by atoms with E-state index in [0.29, 0.717) is 9.79 Å². The van der Waals surface area contributed by atoms with Crippen molar-refractivity contribution in [2.45, 2.75) is 36.7 Å². The Bertz CT molecular complexity index is 1690. The summed E-state index contributed by atoms with van der Waals surface area (Å²) in [4.78, 5) is 0.377. The highest BCUT2D eigenvalue weighted by Gasteiger charge is 2.57. The largest absolute Gasteiger partial charge is 0.586 e. The molecule has 4 rings (SSSR count). The van der Waals surface area contributed by atoms with Crippen LogP contribution in [0.4, 0.5) is 52.7 Å². The number of benzene rings is 4. The van der Waals surface area contributed by atoms with Crippen LogP contribution in [0.5, 0.6) is 0 Å². The Kier molecular flexibility index (Phi) is 16.5. The Hall–Kier alpha value is -3.60. The molecule has 0 spiro atoms. The van der Waals surface area contributed by atoms with E-state index in [9.17, 15) is 73.7 Å². The van der Waals surface area contributed by atoms with Gasteiger partial charge in [-0.05, 0) is 36.4 Å². The van der Waals surface area contributed by atoms with Crippen molar-refractivity contribution in [1.29, 1.82) is 0 Å². The van der Waals surface area contributed by atoms with Crippen molar-refractivity contribution in [2.75, 3.05) is 0 Å². The second-order valence-corrected chi connectivity index (χ2v) is 15.2. The molecule has 0 saturated carbocycles. The predicted octanol–water partition coefficient (Wildman–Crippen LogP) is 8.95. The van der Waals surface area contributed by atoms with Crippen molar-refractivity contribution in [1.82, 2.24) is 0 Å². The van der Waals surface area contributed by atoms with Gasteiger partial charge in [0.1, 0.15) is 0 Å². The van der Waals surface area contributed by atoms with Crippen molar-refractivity contribution in [2.24, 2.45) is 0 Å². The molecule has 22 heteroatoms. The Morgan fingerprint density at radius 1 is 0.460 bits per heavy atom. The van der Waals surface area contributed by atoms with Crippen molar-refractivity contribution >= 4 is 41.9 Å². The fourth-order valence-corrected chi connectivity index (χ4v) is 6.67. The van der Waals surface area contributed by atoms with Gasteiger partial charge in [0.15, 0.2) is 31.5 Å². The van der Waals surface area contributed by atoms with E-state index >= 15 is 0 Å². The van der Waals surface area contributed by atoms with Crippen LogP contribution in [0.1, 0.15) is 0 Å². The average Bonchev–Trinajstić information content (AvgIpc) is 3.01. The number of halogens is 12. The first-order valence-corrected chi connectivity index (χ1v) is 17.8. The lowest BCUT2D eigenvalue weighted by molar-refractivity contribution is -0.0586. The van der Waals surface area contributed by atoms with Gasteiger partial charge < -0.3 is 0 Å². The summed E-state index contributed by atoms with van der Waals surface area (Å²) in [6, 6.07) is 34.8. The lowest BCUT2D eigenvalue weighted by Crippen LogP contribution is -2.34. The highest BCUT2D eigenvalue weighted by molar-refractivity contribution is 8.00. The molecule has 4 aromatic carbocycles. The van der Waals surface area contributed by atoms with Crippen molar-refractivity contribution < 1.29 is 77.4 Å². The van der Waals surface area contributed by atoms with E-state index in [1.54, 1.807) is 42.5 Å². The Morgan fingerprint density at radius 2 is 0.720 bits per heavy atom. The van der Waals surface area contributed by atoms with Crippen LogP contribution in [0.3, 0.4) is 0 Å². The lowest BCUT2D eigenvalue weighted by atomic mass is 10.4. The molecular weight excluding hydrogens is 789 g/mol. The first-order chi connectivity index (χ1) is 22.8. The molecular formula is C28H21F12O6S4+. The molecule has 0 N–H and O–H groups in total. The van der Waals surface area contributed by atoms with Crippen LogP contribution < -0.4 is 0 Å². The van der Waals surface area contributed by atoms with Crippen LogP contribution in [-0.2, 0) is 45.6 Å². The number of rotatable bonds is 5. The average molecular weight is 810 g/mol. The molecule has 0 fully saturated rings. The van der Waals surface area contributed by atoms with E-state index in [4.69, 9.17) is 0 Å². The number of hydrogen-bond donors (Lipinski definition) is 0. The maximum Gasteiger partial charge on any atom is 0.586 e. The van der Waals surface area contributed by atoms with Crippen LogP contribution in [-0.4, -0.2) is 43.1 Å². The topological polar surface area (TPSA) is 94.6 Å². The fraction of sp³-hybridized carbons (Fsp3) is 0.143. The zero-order chi connectivity index (χ0) is 38.4. The third-order valence-electron chi connectivity index (χ3n) is 4.77. The molecule has 0 aliphatic heterocycles. The zero-order valence-electron chi connectivity index (χ0n) is 24.2. The van der Waals surface area contributed by atoms with E-state index in [1.165, 1.54) is 48.5 Å². The van der Waals surface area contributed by atoms with Gasteiger partial charge in [-0.15, -0.1) is 16.8 Å². The van der Waals surface area contributed by atoms with Crippen LogP contribution in [0, 0.1) is 0 Å². The van der Waals surface area contributed by atoms with Crippen LogP contribution in [0.15, 0.2) is 142 Å². The molecule has 0 radical (unpaired) electrons. The lowest BCUT2D eigenvalue weighted by Gasteiger charge is -2.09. The summed E-state index contributed by atoms with van der Waals surface area (Å²) in [6.07, 6.45) is 0. The third-order valence-corrected chi connectivity index (χ3v) is 10.4. The van der Waals surface area contributed by atoms with E-state index in [2.05, 4.69) is 0 Å². The van der Waals surface area contributed by atoms with Gasteiger partial charge in [-0.2, -0.15) is 56.3 Å². The van der Waals surface area contributed by atoms with Gasteiger partial charge >= 0.3 is 42.3 Å². The second kappa shape index (κ2) is 18.6. The molecule has 0 bridgehead atoms. The number of hydrogen-bond acceptors (Lipinski definition) is 6. The number of alkyl halides is 12. The van der Waals surface area contributed by atoms with E-state index in [-0.39, 0.29) is 4.90 Å². The maximum absolute atomic E-state index is 13.1. The summed E-state index contributed by atoms with van der Waals surface area (Å²) in [6.45, 7) is 0. The molecule has 0 heterocycles. The van der Waals surface area contributed by atoms with Gasteiger partial charge in [-0.1, -0.05) is 91.0 Å². The first-order valence-electron chi connectivity index (χ1n) is 12.6. The second-order valence-electron chi connectivity index (χ2n) is 8.43. The fourth-order valence-electron chi connectivity index (χ4n) is 2.77. The quantitative estimate of drug-likeness (QED) is 0.114. The van der Waals surface area contributed by atoms with E-state index in [1.807, 2.05) is 40.0 Å². The highest BCUT2D eigenvalue weighted by Crippen LogP contribution is 2.38. The SMILES string of the molecule is FC(F)(F)[S+](c1ccccc1)c1ccccc1.O=S(=O)(OS(=O)(=O)C(F)(F)F)C(F)(F)F.O=S(c1ccccc1)C(F)(F)F.c1ccccc1. The molecule has 0 saturated heterocycles. The molecule has 6 nitrogen and oxygen atoms in total. The van der Waals surface area contributed by atoms with Crippen LogP contribution >= 0.6 is 0 Å². The minimum Gasteiger partial charge on any atom is -0.245 e. The molecule has 1 unspecified atom stereocenters. The predicted molar refractivity (Wildman–Crippen MR) is 159 cm³/mol.